The summed E-state index contributed by atoms with van der Waals surface area (Å²) in [6.07, 6.45) is 2.62. The highest BCUT2D eigenvalue weighted by molar-refractivity contribution is 5.89. The minimum Gasteiger partial charge on any atom is -0.494 e. The van der Waals surface area contributed by atoms with Gasteiger partial charge in [0.05, 0.1) is 6.61 Å². The van der Waals surface area contributed by atoms with Crippen LogP contribution in [0.25, 0.3) is 0 Å². The largest absolute Gasteiger partial charge is 0.494 e. The zero-order chi connectivity index (χ0) is 19.8. The standard InChI is InChI=1S/C21H33N3O3/c1-5-27-20-8-6-18(7-9-20)22-21(26)24(15-10-16(2)3)19-11-13-23(14-12-19)17(4)25/h6-9,16,19H,5,10-15H2,1-4H3,(H,22,26). The van der Waals surface area contributed by atoms with E-state index in [1.807, 2.05) is 41.0 Å². The normalized spacial score (nSPS) is 14.9. The van der Waals surface area contributed by atoms with E-state index in [2.05, 4.69) is 19.2 Å². The number of hydrogen-bond acceptors (Lipinski definition) is 3. The number of rotatable bonds is 7. The highest BCUT2D eigenvalue weighted by atomic mass is 16.5. The smallest absolute Gasteiger partial charge is 0.322 e. The molecular formula is C21H33N3O3. The van der Waals surface area contributed by atoms with Crippen LogP contribution in [0.4, 0.5) is 10.5 Å². The summed E-state index contributed by atoms with van der Waals surface area (Å²) in [5.41, 5.74) is 0.763. The van der Waals surface area contributed by atoms with Crippen LogP contribution >= 0.6 is 0 Å². The average molecular weight is 376 g/mol. The van der Waals surface area contributed by atoms with E-state index in [1.165, 1.54) is 0 Å². The fourth-order valence-corrected chi connectivity index (χ4v) is 3.34. The van der Waals surface area contributed by atoms with Crippen molar-refractivity contribution in [3.05, 3.63) is 24.3 Å². The van der Waals surface area contributed by atoms with Crippen molar-refractivity contribution in [3.8, 4) is 5.75 Å². The number of carbonyl (C=O) groups is 2. The number of piperidine rings is 1. The monoisotopic (exact) mass is 375 g/mol. The van der Waals surface area contributed by atoms with Crippen LogP contribution in [0.1, 0.15) is 47.0 Å². The molecule has 1 fully saturated rings. The van der Waals surface area contributed by atoms with Crippen LogP contribution < -0.4 is 10.1 Å². The Kier molecular flexibility index (Phi) is 7.95. The number of nitrogens with one attached hydrogen (secondary N) is 1. The van der Waals surface area contributed by atoms with Crippen LogP contribution in [0.5, 0.6) is 5.75 Å². The highest BCUT2D eigenvalue weighted by Crippen LogP contribution is 2.21. The van der Waals surface area contributed by atoms with Gasteiger partial charge in [0.15, 0.2) is 0 Å². The SMILES string of the molecule is CCOc1ccc(NC(=O)N(CCC(C)C)C2CCN(C(C)=O)CC2)cc1. The quantitative estimate of drug-likeness (QED) is 0.784. The van der Waals surface area contributed by atoms with Crippen LogP contribution in [0.15, 0.2) is 24.3 Å². The molecule has 0 aliphatic carbocycles. The highest BCUT2D eigenvalue weighted by Gasteiger charge is 2.28. The Balaban J connectivity index is 2.01. The van der Waals surface area contributed by atoms with Gasteiger partial charge in [-0.25, -0.2) is 4.79 Å². The van der Waals surface area contributed by atoms with Gasteiger partial charge in [-0.05, 0) is 56.4 Å². The van der Waals surface area contributed by atoms with Gasteiger partial charge in [0.1, 0.15) is 5.75 Å². The molecule has 1 aromatic rings. The molecule has 1 heterocycles. The lowest BCUT2D eigenvalue weighted by molar-refractivity contribution is -0.130. The van der Waals surface area contributed by atoms with E-state index in [1.54, 1.807) is 6.92 Å². The fraction of sp³-hybridized carbons (Fsp3) is 0.619. The number of ether oxygens (including phenoxy) is 1. The van der Waals surface area contributed by atoms with Crippen molar-refractivity contribution in [2.24, 2.45) is 5.92 Å². The maximum absolute atomic E-state index is 13.0. The molecule has 2 rings (SSSR count). The van der Waals surface area contributed by atoms with Crippen LogP contribution in [-0.2, 0) is 4.79 Å². The Morgan fingerprint density at radius 1 is 1.22 bits per heavy atom. The van der Waals surface area contributed by atoms with Crippen LogP contribution in [0.2, 0.25) is 0 Å². The zero-order valence-electron chi connectivity index (χ0n) is 17.0. The van der Waals surface area contributed by atoms with Gasteiger partial charge >= 0.3 is 6.03 Å². The summed E-state index contributed by atoms with van der Waals surface area (Å²) >= 11 is 0. The van der Waals surface area contributed by atoms with Crippen molar-refractivity contribution in [2.75, 3.05) is 31.6 Å². The molecule has 0 saturated carbocycles. The Morgan fingerprint density at radius 3 is 2.37 bits per heavy atom. The van der Waals surface area contributed by atoms with E-state index in [0.717, 1.165) is 37.2 Å². The topological polar surface area (TPSA) is 61.9 Å². The van der Waals surface area contributed by atoms with Gasteiger partial charge in [0.2, 0.25) is 5.91 Å². The predicted molar refractivity (Wildman–Crippen MR) is 108 cm³/mol. The summed E-state index contributed by atoms with van der Waals surface area (Å²) in [6.45, 7) is 10.7. The van der Waals surface area contributed by atoms with E-state index in [4.69, 9.17) is 4.74 Å². The lowest BCUT2D eigenvalue weighted by Gasteiger charge is -2.38. The second kappa shape index (κ2) is 10.2. The molecule has 0 aromatic heterocycles. The van der Waals surface area contributed by atoms with Gasteiger partial charge in [-0.3, -0.25) is 4.79 Å². The van der Waals surface area contributed by atoms with Gasteiger partial charge < -0.3 is 19.9 Å². The lowest BCUT2D eigenvalue weighted by Crippen LogP contribution is -2.50. The van der Waals surface area contributed by atoms with E-state index in [-0.39, 0.29) is 18.0 Å². The molecule has 0 bridgehead atoms. The maximum Gasteiger partial charge on any atom is 0.322 e. The first kappa shape index (κ1) is 21.1. The minimum absolute atomic E-state index is 0.0684. The van der Waals surface area contributed by atoms with Crippen molar-refractivity contribution < 1.29 is 14.3 Å². The molecule has 0 unspecified atom stereocenters. The Hall–Kier alpha value is -2.24. The summed E-state index contributed by atoms with van der Waals surface area (Å²) in [7, 11) is 0. The third-order valence-electron chi connectivity index (χ3n) is 4.98. The van der Waals surface area contributed by atoms with Crippen molar-refractivity contribution >= 4 is 17.6 Å². The molecule has 3 amide bonds. The maximum atomic E-state index is 13.0. The molecule has 6 nitrogen and oxygen atoms in total. The van der Waals surface area contributed by atoms with Crippen molar-refractivity contribution in [3.63, 3.8) is 0 Å². The molecule has 1 aliphatic rings. The van der Waals surface area contributed by atoms with E-state index in [0.29, 0.717) is 25.6 Å². The van der Waals surface area contributed by atoms with Crippen LogP contribution in [-0.4, -0.2) is 54.0 Å². The van der Waals surface area contributed by atoms with Gasteiger partial charge in [0.25, 0.3) is 0 Å². The van der Waals surface area contributed by atoms with Gasteiger partial charge in [0, 0.05) is 38.3 Å². The van der Waals surface area contributed by atoms with Gasteiger partial charge in [-0.2, -0.15) is 0 Å². The van der Waals surface area contributed by atoms with Crippen LogP contribution in [0.3, 0.4) is 0 Å². The molecule has 1 N–H and O–H groups in total. The first-order chi connectivity index (χ1) is 12.9. The molecule has 0 atom stereocenters. The zero-order valence-corrected chi connectivity index (χ0v) is 17.0. The third kappa shape index (κ3) is 6.45. The Bertz CT molecular complexity index is 608. The third-order valence-corrected chi connectivity index (χ3v) is 4.98. The van der Waals surface area contributed by atoms with Crippen molar-refractivity contribution in [1.82, 2.24) is 9.80 Å². The van der Waals surface area contributed by atoms with Crippen LogP contribution in [0, 0.1) is 5.92 Å². The molecule has 27 heavy (non-hydrogen) atoms. The summed E-state index contributed by atoms with van der Waals surface area (Å²) < 4.78 is 5.45. The predicted octanol–water partition coefficient (Wildman–Crippen LogP) is 3.98. The summed E-state index contributed by atoms with van der Waals surface area (Å²) in [5, 5.41) is 3.02. The van der Waals surface area contributed by atoms with Gasteiger partial charge in [-0.1, -0.05) is 13.8 Å². The number of amides is 3. The van der Waals surface area contributed by atoms with Gasteiger partial charge in [-0.15, -0.1) is 0 Å². The lowest BCUT2D eigenvalue weighted by atomic mass is 10.0. The number of hydrogen-bond donors (Lipinski definition) is 1. The number of urea groups is 1. The Labute approximate surface area is 162 Å². The van der Waals surface area contributed by atoms with Crippen molar-refractivity contribution in [1.29, 1.82) is 0 Å². The number of likely N-dealkylation sites (tertiary alicyclic amines) is 1. The fourth-order valence-electron chi connectivity index (χ4n) is 3.34. The molecule has 0 spiro atoms. The number of anilines is 1. The number of nitrogens with zero attached hydrogens (tertiary/aromatic N) is 2. The molecular weight excluding hydrogens is 342 g/mol. The van der Waals surface area contributed by atoms with E-state index < -0.39 is 0 Å². The first-order valence-corrected chi connectivity index (χ1v) is 9.96. The number of carbonyl (C=O) groups excluding carboxylic acids is 2. The van der Waals surface area contributed by atoms with E-state index in [9.17, 15) is 9.59 Å². The molecule has 150 valence electrons. The molecule has 1 aromatic carbocycles. The second-order valence-corrected chi connectivity index (χ2v) is 7.50. The molecule has 1 aliphatic heterocycles. The summed E-state index contributed by atoms with van der Waals surface area (Å²) in [4.78, 5) is 28.3. The average Bonchev–Trinajstić information content (AvgIpc) is 2.64. The summed E-state index contributed by atoms with van der Waals surface area (Å²) in [5.74, 6) is 1.44. The van der Waals surface area contributed by atoms with Crippen molar-refractivity contribution in [2.45, 2.75) is 53.0 Å². The number of benzene rings is 1. The molecule has 6 heteroatoms. The first-order valence-electron chi connectivity index (χ1n) is 9.96. The second-order valence-electron chi connectivity index (χ2n) is 7.50. The van der Waals surface area contributed by atoms with E-state index >= 15 is 0 Å². The molecule has 1 saturated heterocycles. The molecule has 0 radical (unpaired) electrons. The summed E-state index contributed by atoms with van der Waals surface area (Å²) in [6, 6.07) is 7.55. The Morgan fingerprint density at radius 2 is 1.85 bits per heavy atom. The minimum atomic E-state index is -0.0684.